The van der Waals surface area contributed by atoms with E-state index in [1.54, 1.807) is 16.7 Å². The van der Waals surface area contributed by atoms with Crippen molar-refractivity contribution in [3.8, 4) is 0 Å². The Morgan fingerprint density at radius 2 is 2.26 bits per heavy atom. The summed E-state index contributed by atoms with van der Waals surface area (Å²) >= 11 is 1.62. The zero-order valence-electron chi connectivity index (χ0n) is 13.3. The first-order valence-corrected chi connectivity index (χ1v) is 9.02. The smallest absolute Gasteiger partial charge is 0.255 e. The molecule has 2 amide bonds. The molecule has 1 aliphatic heterocycles. The van der Waals surface area contributed by atoms with Crippen LogP contribution in [0.3, 0.4) is 0 Å². The number of hydrogen-bond acceptors (Lipinski definition) is 3. The molecule has 1 fully saturated rings. The minimum Gasteiger partial charge on any atom is -0.361 e. The van der Waals surface area contributed by atoms with Crippen LogP contribution >= 0.6 is 11.8 Å². The molecule has 0 spiro atoms. The lowest BCUT2D eigenvalue weighted by Gasteiger charge is -2.24. The second-order valence-corrected chi connectivity index (χ2v) is 6.89. The van der Waals surface area contributed by atoms with Crippen molar-refractivity contribution in [3.05, 3.63) is 36.0 Å². The van der Waals surface area contributed by atoms with Gasteiger partial charge >= 0.3 is 0 Å². The molecule has 23 heavy (non-hydrogen) atoms. The number of nitrogens with zero attached hydrogens (tertiary/aromatic N) is 1. The summed E-state index contributed by atoms with van der Waals surface area (Å²) in [7, 11) is 0. The number of hydrogen-bond donors (Lipinski definition) is 2. The van der Waals surface area contributed by atoms with Crippen molar-refractivity contribution in [2.24, 2.45) is 0 Å². The van der Waals surface area contributed by atoms with Crippen LogP contribution in [0.15, 0.2) is 30.5 Å². The summed E-state index contributed by atoms with van der Waals surface area (Å²) in [5.41, 5.74) is 1.55. The summed E-state index contributed by atoms with van der Waals surface area (Å²) in [6.45, 7) is 4.01. The van der Waals surface area contributed by atoms with Gasteiger partial charge in [-0.2, -0.15) is 0 Å². The lowest BCUT2D eigenvalue weighted by atomic mass is 10.1. The van der Waals surface area contributed by atoms with Crippen LogP contribution in [-0.4, -0.2) is 45.4 Å². The average molecular weight is 331 g/mol. The van der Waals surface area contributed by atoms with Crippen molar-refractivity contribution in [2.45, 2.75) is 32.4 Å². The fraction of sp³-hybridized carbons (Fsp3) is 0.412. The highest BCUT2D eigenvalue weighted by Crippen LogP contribution is 2.24. The molecule has 6 heteroatoms. The van der Waals surface area contributed by atoms with Gasteiger partial charge in [0.1, 0.15) is 6.04 Å². The summed E-state index contributed by atoms with van der Waals surface area (Å²) in [4.78, 5) is 30.0. The van der Waals surface area contributed by atoms with E-state index in [-0.39, 0.29) is 23.9 Å². The average Bonchev–Trinajstić information content (AvgIpc) is 3.21. The molecule has 0 bridgehead atoms. The van der Waals surface area contributed by atoms with Crippen molar-refractivity contribution in [2.75, 3.05) is 11.6 Å². The van der Waals surface area contributed by atoms with Crippen LogP contribution in [0.2, 0.25) is 0 Å². The van der Waals surface area contributed by atoms with Crippen molar-refractivity contribution < 1.29 is 9.59 Å². The Kier molecular flexibility index (Phi) is 4.61. The third-order valence-corrected chi connectivity index (χ3v) is 5.26. The highest BCUT2D eigenvalue weighted by molar-refractivity contribution is 7.99. The van der Waals surface area contributed by atoms with Gasteiger partial charge in [0.2, 0.25) is 5.91 Å². The monoisotopic (exact) mass is 331 g/mol. The molecule has 0 radical (unpaired) electrons. The molecule has 122 valence electrons. The maximum absolute atomic E-state index is 12.8. The normalized spacial score (nSPS) is 19.0. The number of carbonyl (C=O) groups excluding carboxylic acids is 2. The van der Waals surface area contributed by atoms with E-state index >= 15 is 0 Å². The van der Waals surface area contributed by atoms with Crippen LogP contribution in [-0.2, 0) is 4.79 Å². The molecule has 5 nitrogen and oxygen atoms in total. The van der Waals surface area contributed by atoms with Crippen molar-refractivity contribution in [1.29, 1.82) is 0 Å². The van der Waals surface area contributed by atoms with E-state index in [0.29, 0.717) is 17.2 Å². The number of carbonyl (C=O) groups is 2. The van der Waals surface area contributed by atoms with E-state index in [4.69, 9.17) is 0 Å². The van der Waals surface area contributed by atoms with Crippen LogP contribution < -0.4 is 5.32 Å². The van der Waals surface area contributed by atoms with Crippen LogP contribution in [0.25, 0.3) is 10.9 Å². The summed E-state index contributed by atoms with van der Waals surface area (Å²) in [6.07, 6.45) is 2.73. The third kappa shape index (κ3) is 3.22. The summed E-state index contributed by atoms with van der Waals surface area (Å²) in [5.74, 6) is 1.06. The van der Waals surface area contributed by atoms with Crippen LogP contribution in [0.1, 0.15) is 30.6 Å². The summed E-state index contributed by atoms with van der Waals surface area (Å²) in [6, 6.07) is 7.31. The quantitative estimate of drug-likeness (QED) is 0.905. The largest absolute Gasteiger partial charge is 0.361 e. The van der Waals surface area contributed by atoms with Gasteiger partial charge in [-0.3, -0.25) is 9.59 Å². The molecule has 2 aromatic rings. The Morgan fingerprint density at radius 1 is 1.43 bits per heavy atom. The summed E-state index contributed by atoms with van der Waals surface area (Å²) < 4.78 is 0. The predicted molar refractivity (Wildman–Crippen MR) is 93.5 cm³/mol. The van der Waals surface area contributed by atoms with Crippen molar-refractivity contribution in [3.63, 3.8) is 0 Å². The molecule has 2 N–H and O–H groups in total. The van der Waals surface area contributed by atoms with Crippen molar-refractivity contribution in [1.82, 2.24) is 15.2 Å². The maximum atomic E-state index is 12.8. The molecular weight excluding hydrogens is 310 g/mol. The fourth-order valence-corrected chi connectivity index (χ4v) is 3.80. The maximum Gasteiger partial charge on any atom is 0.255 e. The first-order chi connectivity index (χ1) is 11.1. The molecular formula is C17H21N3O2S. The first-order valence-electron chi connectivity index (χ1n) is 7.86. The Hall–Kier alpha value is -1.95. The Bertz CT molecular complexity index is 727. The Labute approximate surface area is 139 Å². The molecule has 0 aliphatic carbocycles. The first kappa shape index (κ1) is 15.9. The van der Waals surface area contributed by atoms with Gasteiger partial charge in [-0.1, -0.05) is 13.0 Å². The molecule has 2 heterocycles. The SMILES string of the molecule is CC[C@@H](C)NC(=O)[C@@H]1CSCN1C(=O)c1ccc2cc[nH]c2c1. The van der Waals surface area contributed by atoms with Gasteiger partial charge in [0.05, 0.1) is 5.88 Å². The van der Waals surface area contributed by atoms with E-state index in [1.807, 2.05) is 44.3 Å². The highest BCUT2D eigenvalue weighted by atomic mass is 32.2. The van der Waals surface area contributed by atoms with Crippen molar-refractivity contribution >= 4 is 34.5 Å². The minimum atomic E-state index is -0.388. The number of H-pyrrole nitrogens is 1. The van der Waals surface area contributed by atoms with E-state index in [9.17, 15) is 9.59 Å². The van der Waals surface area contributed by atoms with Gasteiger partial charge in [-0.25, -0.2) is 0 Å². The fourth-order valence-electron chi connectivity index (χ4n) is 2.65. The number of benzene rings is 1. The zero-order valence-corrected chi connectivity index (χ0v) is 14.2. The third-order valence-electron chi connectivity index (χ3n) is 4.25. The van der Waals surface area contributed by atoms with Crippen LogP contribution in [0.4, 0.5) is 0 Å². The molecule has 1 aromatic carbocycles. The van der Waals surface area contributed by atoms with E-state index in [1.165, 1.54) is 0 Å². The highest BCUT2D eigenvalue weighted by Gasteiger charge is 2.35. The number of rotatable bonds is 4. The van der Waals surface area contributed by atoms with Gasteiger partial charge < -0.3 is 15.2 Å². The Morgan fingerprint density at radius 3 is 3.04 bits per heavy atom. The van der Waals surface area contributed by atoms with E-state index in [2.05, 4.69) is 10.3 Å². The number of nitrogens with one attached hydrogen (secondary N) is 2. The van der Waals surface area contributed by atoms with E-state index in [0.717, 1.165) is 17.3 Å². The lowest BCUT2D eigenvalue weighted by Crippen LogP contribution is -2.49. The number of thioether (sulfide) groups is 1. The standard InChI is InChI=1S/C17H21N3O2S/c1-3-11(2)19-16(21)15-9-23-10-20(15)17(22)13-5-4-12-6-7-18-14(12)8-13/h4-8,11,15,18H,3,9-10H2,1-2H3,(H,19,21)/t11-,15+/m1/s1. The van der Waals surface area contributed by atoms with Gasteiger partial charge in [0.15, 0.2) is 0 Å². The molecule has 2 atom stereocenters. The number of aromatic amines is 1. The number of aromatic nitrogens is 1. The van der Waals surface area contributed by atoms with E-state index < -0.39 is 0 Å². The molecule has 1 aromatic heterocycles. The Balaban J connectivity index is 1.78. The van der Waals surface area contributed by atoms with Gasteiger partial charge in [0, 0.05) is 29.1 Å². The lowest BCUT2D eigenvalue weighted by molar-refractivity contribution is -0.125. The molecule has 0 saturated carbocycles. The van der Waals surface area contributed by atoms with Crippen LogP contribution in [0, 0.1) is 0 Å². The molecule has 3 rings (SSSR count). The minimum absolute atomic E-state index is 0.0568. The number of fused-ring (bicyclic) bond motifs is 1. The molecule has 0 unspecified atom stereocenters. The predicted octanol–water partition coefficient (Wildman–Crippen LogP) is 2.60. The summed E-state index contributed by atoms with van der Waals surface area (Å²) in [5, 5.41) is 4.05. The van der Waals surface area contributed by atoms with Gasteiger partial charge in [-0.15, -0.1) is 11.8 Å². The second kappa shape index (κ2) is 6.66. The topological polar surface area (TPSA) is 65.2 Å². The molecule has 1 aliphatic rings. The second-order valence-electron chi connectivity index (χ2n) is 5.89. The van der Waals surface area contributed by atoms with Gasteiger partial charge in [0.25, 0.3) is 5.91 Å². The zero-order chi connectivity index (χ0) is 16.4. The van der Waals surface area contributed by atoms with Crippen LogP contribution in [0.5, 0.6) is 0 Å². The number of amides is 2. The molecule has 1 saturated heterocycles. The van der Waals surface area contributed by atoms with Gasteiger partial charge in [-0.05, 0) is 36.9 Å².